The van der Waals surface area contributed by atoms with Crippen LogP contribution in [0.4, 0.5) is 0 Å². The molecule has 15 unspecified atom stereocenters. The number of hydrogen-bond donors (Lipinski definition) is 11. The molecule has 5 aliphatic heterocycles. The van der Waals surface area contributed by atoms with Crippen LogP contribution in [0.2, 0.25) is 0 Å². The lowest BCUT2D eigenvalue weighted by Gasteiger charge is -2.58. The second-order valence-corrected chi connectivity index (χ2v) is 26.6. The van der Waals surface area contributed by atoms with Crippen molar-refractivity contribution in [3.05, 3.63) is 23.5 Å². The van der Waals surface area contributed by atoms with Crippen molar-refractivity contribution < 1.29 is 84.6 Å². The van der Waals surface area contributed by atoms with E-state index in [9.17, 15) is 46.0 Å². The molecular weight excluding hydrogens is 1060 g/mol. The summed E-state index contributed by atoms with van der Waals surface area (Å²) in [4.78, 5) is 3.05. The molecule has 0 bridgehead atoms. The van der Waals surface area contributed by atoms with E-state index in [1.807, 2.05) is 27.7 Å². The van der Waals surface area contributed by atoms with Crippen molar-refractivity contribution in [1.82, 2.24) is 19.9 Å². The minimum Gasteiger partial charge on any atom is -0.394 e. The molecular formula is C61H104N4O17. The Labute approximate surface area is 486 Å². The number of ether oxygens (including phenoxy) is 6. The summed E-state index contributed by atoms with van der Waals surface area (Å²) < 4.78 is 33.8. The molecule has 6 heterocycles. The van der Waals surface area contributed by atoms with Gasteiger partial charge in [-0.1, -0.05) is 77.7 Å². The molecule has 26 atom stereocenters. The first kappa shape index (κ1) is 67.2. The van der Waals surface area contributed by atoms with Gasteiger partial charge < -0.3 is 84.6 Å². The van der Waals surface area contributed by atoms with Gasteiger partial charge in [-0.25, -0.2) is 4.68 Å². The molecule has 8 fully saturated rings. The zero-order chi connectivity index (χ0) is 60.1. The number of terminal acetylenes is 1. The highest BCUT2D eigenvalue weighted by atomic mass is 16.7. The Hall–Kier alpha value is -2.28. The Balaban J connectivity index is 0.000000170. The Morgan fingerprint density at radius 3 is 1.96 bits per heavy atom. The van der Waals surface area contributed by atoms with Crippen LogP contribution in [-0.2, 0) is 35.0 Å². The zero-order valence-electron chi connectivity index (χ0n) is 50.4. The largest absolute Gasteiger partial charge is 0.394 e. The van der Waals surface area contributed by atoms with Gasteiger partial charge in [0.1, 0.15) is 79.4 Å². The van der Waals surface area contributed by atoms with E-state index >= 15 is 0 Å². The lowest BCUT2D eigenvalue weighted by Crippen LogP contribution is -2.59. The summed E-state index contributed by atoms with van der Waals surface area (Å²) in [6, 6.07) is 1.95. The lowest BCUT2D eigenvalue weighted by atomic mass is 9.47. The van der Waals surface area contributed by atoms with Crippen LogP contribution in [-0.4, -0.2) is 219 Å². The summed E-state index contributed by atoms with van der Waals surface area (Å²) >= 11 is 0. The topological polar surface area (TPSA) is 312 Å². The van der Waals surface area contributed by atoms with Crippen molar-refractivity contribution in [2.24, 2.45) is 52.3 Å². The summed E-state index contributed by atoms with van der Waals surface area (Å²) in [5.41, 5.74) is 3.38. The molecule has 1 aromatic heterocycles. The average Bonchev–Trinajstić information content (AvgIpc) is 2.33. The van der Waals surface area contributed by atoms with E-state index in [0.717, 1.165) is 54.2 Å². The van der Waals surface area contributed by atoms with E-state index in [-0.39, 0.29) is 25.2 Å². The number of unbranched alkanes of at least 4 members (excludes halogenated alkanes) is 1. The van der Waals surface area contributed by atoms with Gasteiger partial charge in [-0.15, -0.1) is 11.5 Å². The summed E-state index contributed by atoms with van der Waals surface area (Å²) in [5, 5.41) is 111. The van der Waals surface area contributed by atoms with Gasteiger partial charge in [0.2, 0.25) is 0 Å². The highest BCUT2D eigenvalue weighted by Gasteiger charge is 2.66. The second kappa shape index (κ2) is 29.1. The summed E-state index contributed by atoms with van der Waals surface area (Å²) in [6.07, 6.45) is 8.39. The maximum atomic E-state index is 9.81. The number of fused-ring (bicyclic) bond motifs is 9. The van der Waals surface area contributed by atoms with Crippen molar-refractivity contribution in [1.29, 1.82) is 0 Å². The highest BCUT2D eigenvalue weighted by molar-refractivity contribution is 5.27. The second-order valence-electron chi connectivity index (χ2n) is 26.6. The third-order valence-corrected chi connectivity index (χ3v) is 20.6. The van der Waals surface area contributed by atoms with Crippen LogP contribution >= 0.6 is 0 Å². The van der Waals surface area contributed by atoms with Gasteiger partial charge in [0.05, 0.1) is 44.3 Å². The smallest absolute Gasteiger partial charge is 0.187 e. The van der Waals surface area contributed by atoms with Gasteiger partial charge in [0.25, 0.3) is 0 Å². The van der Waals surface area contributed by atoms with E-state index in [2.05, 4.69) is 61.8 Å². The molecule has 4 aliphatic carbocycles. The number of aliphatic hydroxyl groups is 11. The predicted octanol–water partition coefficient (Wildman–Crippen LogP) is 2.60. The SMILES string of the molecule is C#CCO[C@@H]1OC(CO)[C@@H](O)[C@H](O)C1O.CC(C)C1OC(C)C(O)C(O)C1O.CC(C)n1cc(CO[C@@H]2OC(CO)[C@@H](O)[C@H](O)C2O)nn1.CCCCO[C@H]1CC[C@@]2(C)C(=CCC3C4CC5C([C@H](C)C6CC[C@H](C)CN56)[C@@]4(C)CCC32)C1. The van der Waals surface area contributed by atoms with Gasteiger partial charge in [0.15, 0.2) is 12.6 Å². The molecule has 470 valence electrons. The van der Waals surface area contributed by atoms with Crippen LogP contribution in [0.5, 0.6) is 0 Å². The Kier molecular flexibility index (Phi) is 23.9. The minimum absolute atomic E-state index is 0.0232. The number of aromatic nitrogens is 3. The Morgan fingerprint density at radius 1 is 0.744 bits per heavy atom. The van der Waals surface area contributed by atoms with Gasteiger partial charge in [-0.05, 0) is 137 Å². The predicted molar refractivity (Wildman–Crippen MR) is 302 cm³/mol. The molecule has 0 radical (unpaired) electrons. The number of allylic oxidation sites excluding steroid dienone is 1. The number of nitrogens with zero attached hydrogens (tertiary/aromatic N) is 4. The molecule has 0 aromatic carbocycles. The summed E-state index contributed by atoms with van der Waals surface area (Å²) in [7, 11) is 0. The van der Waals surface area contributed by atoms with Crippen molar-refractivity contribution >= 4 is 0 Å². The normalized spacial score (nSPS) is 45.1. The molecule has 3 saturated carbocycles. The number of piperidine rings is 1. The van der Waals surface area contributed by atoms with Gasteiger partial charge in [-0.2, -0.15) is 0 Å². The Morgan fingerprint density at radius 2 is 1.38 bits per heavy atom. The lowest BCUT2D eigenvalue weighted by molar-refractivity contribution is -0.304. The van der Waals surface area contributed by atoms with Crippen molar-refractivity contribution in [3.63, 3.8) is 0 Å². The van der Waals surface area contributed by atoms with Crippen LogP contribution in [0.15, 0.2) is 17.8 Å². The fraction of sp³-hybridized carbons (Fsp3) is 0.902. The first-order valence-electron chi connectivity index (χ1n) is 30.8. The average molecular weight is 1170 g/mol. The van der Waals surface area contributed by atoms with E-state index in [0.29, 0.717) is 22.6 Å². The van der Waals surface area contributed by atoms with Crippen LogP contribution in [0.1, 0.15) is 152 Å². The zero-order valence-corrected chi connectivity index (χ0v) is 50.4. The number of aliphatic hydroxyl groups excluding tert-OH is 11. The van der Waals surface area contributed by atoms with E-state index in [4.69, 9.17) is 45.1 Å². The first-order chi connectivity index (χ1) is 38.9. The van der Waals surface area contributed by atoms with Crippen molar-refractivity contribution in [2.75, 3.05) is 33.0 Å². The molecule has 5 saturated heterocycles. The third kappa shape index (κ3) is 14.3. The summed E-state index contributed by atoms with van der Waals surface area (Å²) in [6.45, 7) is 23.6. The van der Waals surface area contributed by atoms with Gasteiger partial charge >= 0.3 is 0 Å². The monoisotopic (exact) mass is 1160 g/mol. The highest BCUT2D eigenvalue weighted by Crippen LogP contribution is 2.70. The fourth-order valence-corrected chi connectivity index (χ4v) is 15.9. The van der Waals surface area contributed by atoms with Crippen LogP contribution < -0.4 is 0 Å². The van der Waals surface area contributed by atoms with Crippen LogP contribution in [0.3, 0.4) is 0 Å². The maximum Gasteiger partial charge on any atom is 0.187 e. The first-order valence-corrected chi connectivity index (χ1v) is 30.8. The molecule has 21 heteroatoms. The molecule has 21 nitrogen and oxygen atoms in total. The minimum atomic E-state index is -1.45. The summed E-state index contributed by atoms with van der Waals surface area (Å²) in [5.74, 6) is 7.90. The third-order valence-electron chi connectivity index (χ3n) is 20.6. The molecule has 9 aliphatic rings. The van der Waals surface area contributed by atoms with Gasteiger partial charge in [0, 0.05) is 31.3 Å². The number of hydrogen-bond acceptors (Lipinski definition) is 20. The quantitative estimate of drug-likeness (QED) is 0.0768. The fourth-order valence-electron chi connectivity index (χ4n) is 15.9. The molecule has 1 aromatic rings. The standard InChI is InChI=1S/C31H51NO.C12H21N3O6.C9H14O6.C9H18O4/c1-6-7-16-33-23-12-14-30(4)22(17-23)9-10-24-25(30)13-15-31(5)26(24)18-28-29(31)21(3)27-11-8-20(2)19-32(27)28;1-6(2)15-3-7(13-14-15)5-20-12-11(19)10(18)9(17)8(4-16)21-12;1-2-3-14-9-8(13)7(12)6(11)5(4-10)15-9;1-4(2)9-8(12)7(11)6(10)5(3)13-9/h9,20-21,23-29H,6-8,10-19H2,1-5H3;3,6,8-12,16-19H,4-5H2,1-2H3;1,5-13H,3-4H2;4-12H,1-3H3/t20-,21+,23-,24?,25?,26?,27?,28?,29?,30-,31-;8?,9-,10+,11?,12-;5?,6-,7+,8?,9-;/m011./s1. The van der Waals surface area contributed by atoms with Crippen molar-refractivity contribution in [3.8, 4) is 12.3 Å². The van der Waals surface area contributed by atoms with E-state index in [1.54, 1.807) is 23.4 Å². The number of rotatable bonds is 13. The van der Waals surface area contributed by atoms with Crippen LogP contribution in [0, 0.1) is 64.6 Å². The van der Waals surface area contributed by atoms with Gasteiger partial charge in [-0.3, -0.25) is 4.90 Å². The molecule has 11 N–H and O–H groups in total. The van der Waals surface area contributed by atoms with E-state index in [1.165, 1.54) is 77.2 Å². The molecule has 82 heavy (non-hydrogen) atoms. The van der Waals surface area contributed by atoms with E-state index < -0.39 is 105 Å². The maximum absolute atomic E-state index is 9.81. The molecule has 0 spiro atoms. The van der Waals surface area contributed by atoms with Crippen LogP contribution in [0.25, 0.3) is 0 Å². The molecule has 10 rings (SSSR count). The van der Waals surface area contributed by atoms with Crippen molar-refractivity contribution in [2.45, 2.75) is 263 Å². The molecule has 0 amide bonds. The Bertz CT molecular complexity index is 2200.